The Balaban J connectivity index is 1.92. The van der Waals surface area contributed by atoms with Crippen molar-refractivity contribution in [3.63, 3.8) is 0 Å². The highest BCUT2D eigenvalue weighted by molar-refractivity contribution is 5.88. The van der Waals surface area contributed by atoms with E-state index in [2.05, 4.69) is 15.6 Å². The van der Waals surface area contributed by atoms with Gasteiger partial charge in [0.25, 0.3) is 5.82 Å². The van der Waals surface area contributed by atoms with E-state index in [0.717, 1.165) is 23.6 Å². The van der Waals surface area contributed by atoms with E-state index in [1.807, 2.05) is 48.7 Å². The molecule has 3 N–H and O–H groups in total. The van der Waals surface area contributed by atoms with Crippen molar-refractivity contribution in [1.82, 2.24) is 0 Å². The Morgan fingerprint density at radius 2 is 1.94 bits per heavy atom. The largest absolute Gasteiger partial charge is 0.326 e. The van der Waals surface area contributed by atoms with Crippen LogP contribution in [0.3, 0.4) is 0 Å². The fourth-order valence-electron chi connectivity index (χ4n) is 1.61. The van der Waals surface area contributed by atoms with Crippen LogP contribution in [0.2, 0.25) is 0 Å². The number of hydrogen-bond donors (Lipinski definition) is 2. The zero-order valence-corrected chi connectivity index (χ0v) is 10.2. The fourth-order valence-corrected chi connectivity index (χ4v) is 1.61. The normalized spacial score (nSPS) is 9.83. The highest BCUT2D eigenvalue weighted by Crippen LogP contribution is 2.10. The van der Waals surface area contributed by atoms with Gasteiger partial charge in [-0.2, -0.15) is 0 Å². The van der Waals surface area contributed by atoms with E-state index in [9.17, 15) is 4.79 Å². The van der Waals surface area contributed by atoms with Gasteiger partial charge < -0.3 is 5.32 Å². The summed E-state index contributed by atoms with van der Waals surface area (Å²) < 4.78 is 0. The number of pyridine rings is 1. The SMILES string of the molecule is CC(=O)Nc1ccc(CNc2cccc[nH+]2)cc1. The van der Waals surface area contributed by atoms with Crippen LogP contribution in [-0.2, 0) is 11.3 Å². The third-order valence-corrected chi connectivity index (χ3v) is 2.47. The van der Waals surface area contributed by atoms with Crippen molar-refractivity contribution in [3.05, 3.63) is 54.2 Å². The number of carbonyl (C=O) groups excluding carboxylic acids is 1. The molecule has 0 fully saturated rings. The molecule has 1 aromatic heterocycles. The number of H-pyrrole nitrogens is 1. The van der Waals surface area contributed by atoms with Gasteiger partial charge in [0, 0.05) is 18.7 Å². The molecule has 4 heteroatoms. The Hall–Kier alpha value is -2.36. The van der Waals surface area contributed by atoms with Crippen molar-refractivity contribution in [2.45, 2.75) is 13.5 Å². The third kappa shape index (κ3) is 3.59. The molecule has 0 aliphatic rings. The maximum atomic E-state index is 10.9. The second-order valence-electron chi connectivity index (χ2n) is 4.01. The topological polar surface area (TPSA) is 55.3 Å². The van der Waals surface area contributed by atoms with Crippen molar-refractivity contribution in [2.75, 3.05) is 10.6 Å². The lowest BCUT2D eigenvalue weighted by Gasteiger charge is -2.03. The van der Waals surface area contributed by atoms with Gasteiger partial charge >= 0.3 is 0 Å². The number of rotatable bonds is 4. The molecule has 4 nitrogen and oxygen atoms in total. The molecule has 92 valence electrons. The van der Waals surface area contributed by atoms with Crippen LogP contribution in [0, 0.1) is 0 Å². The van der Waals surface area contributed by atoms with Crippen LogP contribution < -0.4 is 15.6 Å². The Labute approximate surface area is 106 Å². The average molecular weight is 242 g/mol. The molecule has 1 heterocycles. The highest BCUT2D eigenvalue weighted by atomic mass is 16.1. The van der Waals surface area contributed by atoms with E-state index >= 15 is 0 Å². The molecule has 0 saturated carbocycles. The number of aromatic amines is 1. The summed E-state index contributed by atoms with van der Waals surface area (Å²) in [5, 5.41) is 6.02. The van der Waals surface area contributed by atoms with E-state index in [4.69, 9.17) is 0 Å². The molecule has 0 radical (unpaired) electrons. The second-order valence-corrected chi connectivity index (χ2v) is 4.01. The third-order valence-electron chi connectivity index (χ3n) is 2.47. The number of benzene rings is 1. The first-order valence-corrected chi connectivity index (χ1v) is 5.81. The van der Waals surface area contributed by atoms with Crippen LogP contribution in [0.15, 0.2) is 48.7 Å². The van der Waals surface area contributed by atoms with Crippen LogP contribution >= 0.6 is 0 Å². The molecule has 18 heavy (non-hydrogen) atoms. The second kappa shape index (κ2) is 5.82. The maximum absolute atomic E-state index is 10.9. The Bertz CT molecular complexity index is 508. The Kier molecular flexibility index (Phi) is 3.91. The van der Waals surface area contributed by atoms with Gasteiger partial charge in [-0.05, 0) is 23.8 Å². The van der Waals surface area contributed by atoms with Crippen molar-refractivity contribution in [2.24, 2.45) is 0 Å². The molecule has 0 saturated heterocycles. The van der Waals surface area contributed by atoms with Crippen LogP contribution in [0.4, 0.5) is 11.5 Å². The first-order chi connectivity index (χ1) is 8.74. The molecular formula is C14H16N3O+. The minimum atomic E-state index is -0.0558. The molecule has 0 aliphatic heterocycles. The van der Waals surface area contributed by atoms with E-state index in [-0.39, 0.29) is 5.91 Å². The van der Waals surface area contributed by atoms with Gasteiger partial charge in [0.05, 0.1) is 6.20 Å². The lowest BCUT2D eigenvalue weighted by molar-refractivity contribution is -0.361. The van der Waals surface area contributed by atoms with Crippen molar-refractivity contribution in [3.8, 4) is 0 Å². The van der Waals surface area contributed by atoms with E-state index in [1.165, 1.54) is 6.92 Å². The van der Waals surface area contributed by atoms with Crippen LogP contribution in [0.5, 0.6) is 0 Å². The summed E-state index contributed by atoms with van der Waals surface area (Å²) >= 11 is 0. The maximum Gasteiger partial charge on any atom is 0.272 e. The van der Waals surface area contributed by atoms with Crippen LogP contribution in [-0.4, -0.2) is 5.91 Å². The molecule has 0 spiro atoms. The summed E-state index contributed by atoms with van der Waals surface area (Å²) in [5.41, 5.74) is 1.97. The van der Waals surface area contributed by atoms with Crippen LogP contribution in [0.1, 0.15) is 12.5 Å². The lowest BCUT2D eigenvalue weighted by atomic mass is 10.2. The fraction of sp³-hybridized carbons (Fsp3) is 0.143. The quantitative estimate of drug-likeness (QED) is 0.862. The smallest absolute Gasteiger partial charge is 0.272 e. The number of carbonyl (C=O) groups is 1. The van der Waals surface area contributed by atoms with Gasteiger partial charge in [0.2, 0.25) is 5.91 Å². The summed E-state index contributed by atoms with van der Waals surface area (Å²) in [7, 11) is 0. The predicted molar refractivity (Wildman–Crippen MR) is 71.1 cm³/mol. The lowest BCUT2D eigenvalue weighted by Crippen LogP contribution is -2.11. The van der Waals surface area contributed by atoms with Gasteiger partial charge in [0.1, 0.15) is 6.54 Å². The van der Waals surface area contributed by atoms with Gasteiger partial charge in [-0.25, -0.2) is 4.98 Å². The zero-order valence-electron chi connectivity index (χ0n) is 10.2. The zero-order chi connectivity index (χ0) is 12.8. The first kappa shape index (κ1) is 12.1. The van der Waals surface area contributed by atoms with E-state index < -0.39 is 0 Å². The number of aromatic nitrogens is 1. The first-order valence-electron chi connectivity index (χ1n) is 5.81. The number of anilines is 2. The summed E-state index contributed by atoms with van der Waals surface area (Å²) in [6, 6.07) is 13.7. The van der Waals surface area contributed by atoms with E-state index in [0.29, 0.717) is 0 Å². The molecule has 2 rings (SSSR count). The van der Waals surface area contributed by atoms with Crippen molar-refractivity contribution < 1.29 is 9.78 Å². The molecule has 0 aliphatic carbocycles. The molecule has 0 bridgehead atoms. The molecule has 1 amide bonds. The van der Waals surface area contributed by atoms with Gasteiger partial charge in [0.15, 0.2) is 0 Å². The molecule has 0 atom stereocenters. The van der Waals surface area contributed by atoms with Crippen molar-refractivity contribution in [1.29, 1.82) is 0 Å². The summed E-state index contributed by atoms with van der Waals surface area (Å²) in [5.74, 6) is 0.920. The van der Waals surface area contributed by atoms with Gasteiger partial charge in [-0.15, -0.1) is 0 Å². The number of nitrogens with one attached hydrogen (secondary N) is 3. The Morgan fingerprint density at radius 3 is 2.56 bits per heavy atom. The summed E-state index contributed by atoms with van der Waals surface area (Å²) in [6.45, 7) is 2.24. The van der Waals surface area contributed by atoms with Crippen molar-refractivity contribution >= 4 is 17.4 Å². The molecule has 0 unspecified atom stereocenters. The summed E-state index contributed by atoms with van der Waals surface area (Å²) in [4.78, 5) is 14.0. The highest BCUT2D eigenvalue weighted by Gasteiger charge is 2.00. The average Bonchev–Trinajstić information content (AvgIpc) is 2.38. The monoisotopic (exact) mass is 242 g/mol. The molecule has 2 aromatic rings. The summed E-state index contributed by atoms with van der Waals surface area (Å²) in [6.07, 6.45) is 1.88. The predicted octanol–water partition coefficient (Wildman–Crippen LogP) is 2.07. The molecular weight excluding hydrogens is 226 g/mol. The minimum absolute atomic E-state index is 0.0558. The molecule has 1 aromatic carbocycles. The number of hydrogen-bond acceptors (Lipinski definition) is 2. The Morgan fingerprint density at radius 1 is 1.17 bits per heavy atom. The van der Waals surface area contributed by atoms with Gasteiger partial charge in [-0.1, -0.05) is 18.2 Å². The standard InChI is InChI=1S/C14H15N3O/c1-11(18)17-13-7-5-12(6-8-13)10-16-14-4-2-3-9-15-14/h2-9H,10H2,1H3,(H,15,16)(H,17,18)/p+1. The van der Waals surface area contributed by atoms with Gasteiger partial charge in [-0.3, -0.25) is 10.1 Å². The van der Waals surface area contributed by atoms with Crippen LogP contribution in [0.25, 0.3) is 0 Å². The number of amides is 1. The van der Waals surface area contributed by atoms with E-state index in [1.54, 1.807) is 0 Å². The minimum Gasteiger partial charge on any atom is -0.326 e.